The summed E-state index contributed by atoms with van der Waals surface area (Å²) in [4.78, 5) is 26.6. The Morgan fingerprint density at radius 1 is 1.11 bits per heavy atom. The maximum Gasteiger partial charge on any atom is 0.265 e. The van der Waals surface area contributed by atoms with Crippen LogP contribution >= 0.6 is 0 Å². The molecule has 0 atom stereocenters. The molecule has 0 radical (unpaired) electrons. The number of carbonyl (C=O) groups is 2. The third-order valence-electron chi connectivity index (χ3n) is 4.91. The van der Waals surface area contributed by atoms with Crippen molar-refractivity contribution in [1.82, 2.24) is 0 Å². The average molecular weight is 366 g/mol. The zero-order valence-corrected chi connectivity index (χ0v) is 16.2. The number of hydrogen-bond acceptors (Lipinski definition) is 3. The summed E-state index contributed by atoms with van der Waals surface area (Å²) < 4.78 is 5.54. The van der Waals surface area contributed by atoms with Crippen molar-refractivity contribution in [2.45, 2.75) is 40.0 Å². The molecule has 0 bridgehead atoms. The van der Waals surface area contributed by atoms with Gasteiger partial charge in [-0.2, -0.15) is 0 Å². The highest BCUT2D eigenvalue weighted by Gasteiger charge is 2.25. The van der Waals surface area contributed by atoms with Crippen LogP contribution in [0.4, 0.5) is 11.4 Å². The molecule has 0 aromatic heterocycles. The molecule has 1 aliphatic rings. The van der Waals surface area contributed by atoms with Crippen LogP contribution in [0, 0.1) is 13.8 Å². The summed E-state index contributed by atoms with van der Waals surface area (Å²) in [5.74, 6) is 0.463. The van der Waals surface area contributed by atoms with Crippen molar-refractivity contribution in [3.8, 4) is 5.75 Å². The first-order chi connectivity index (χ1) is 13.0. The van der Waals surface area contributed by atoms with E-state index >= 15 is 0 Å². The molecule has 142 valence electrons. The molecule has 1 heterocycles. The second kappa shape index (κ2) is 8.25. The molecule has 2 aromatic carbocycles. The summed E-state index contributed by atoms with van der Waals surface area (Å²) in [5.41, 5.74) is 4.21. The van der Waals surface area contributed by atoms with E-state index in [1.165, 1.54) is 0 Å². The van der Waals surface area contributed by atoms with Crippen LogP contribution in [0.2, 0.25) is 0 Å². The number of carbonyl (C=O) groups excluding carboxylic acids is 2. The molecule has 1 N–H and O–H groups in total. The number of ether oxygens (including phenoxy) is 1. The van der Waals surface area contributed by atoms with Gasteiger partial charge in [0.2, 0.25) is 0 Å². The van der Waals surface area contributed by atoms with Crippen LogP contribution in [-0.2, 0) is 4.79 Å². The van der Waals surface area contributed by atoms with Crippen molar-refractivity contribution in [2.75, 3.05) is 23.4 Å². The highest BCUT2D eigenvalue weighted by molar-refractivity contribution is 6.05. The van der Waals surface area contributed by atoms with Crippen molar-refractivity contribution in [2.24, 2.45) is 0 Å². The van der Waals surface area contributed by atoms with Crippen LogP contribution < -0.4 is 15.0 Å². The Bertz CT molecular complexity index is 861. The standard InChI is InChI=1S/C22H26N2O3/c1-4-5-6-11-24-19-13-18(9-10-20(19)27-14-21(24)25)23-22(26)17-8-7-15(2)16(3)12-17/h7-10,12-13H,4-6,11,14H2,1-3H3,(H,23,26). The first-order valence-corrected chi connectivity index (χ1v) is 9.45. The summed E-state index contributed by atoms with van der Waals surface area (Å²) in [6.45, 7) is 6.87. The molecule has 27 heavy (non-hydrogen) atoms. The number of nitrogens with one attached hydrogen (secondary N) is 1. The second-order valence-electron chi connectivity index (χ2n) is 6.98. The van der Waals surface area contributed by atoms with Crippen LogP contribution in [0.15, 0.2) is 36.4 Å². The number of hydrogen-bond donors (Lipinski definition) is 1. The SMILES string of the molecule is CCCCCN1C(=O)COc2ccc(NC(=O)c3ccc(C)c(C)c3)cc21. The first kappa shape index (κ1) is 19.0. The number of nitrogens with zero attached hydrogens (tertiary/aromatic N) is 1. The van der Waals surface area contributed by atoms with E-state index in [9.17, 15) is 9.59 Å². The zero-order chi connectivity index (χ0) is 19.4. The fourth-order valence-corrected chi connectivity index (χ4v) is 3.13. The molecule has 0 spiro atoms. The lowest BCUT2D eigenvalue weighted by molar-refractivity contribution is -0.121. The van der Waals surface area contributed by atoms with Gasteiger partial charge in [-0.15, -0.1) is 0 Å². The van der Waals surface area contributed by atoms with E-state index in [0.29, 0.717) is 23.5 Å². The second-order valence-corrected chi connectivity index (χ2v) is 6.98. The number of amides is 2. The Balaban J connectivity index is 1.80. The van der Waals surface area contributed by atoms with Crippen molar-refractivity contribution in [3.05, 3.63) is 53.1 Å². The van der Waals surface area contributed by atoms with Gasteiger partial charge in [-0.3, -0.25) is 9.59 Å². The highest BCUT2D eigenvalue weighted by atomic mass is 16.5. The van der Waals surface area contributed by atoms with Gasteiger partial charge in [-0.25, -0.2) is 0 Å². The Kier molecular flexibility index (Phi) is 5.79. The smallest absolute Gasteiger partial charge is 0.265 e. The fraction of sp³-hybridized carbons (Fsp3) is 0.364. The van der Waals surface area contributed by atoms with Crippen LogP contribution in [0.3, 0.4) is 0 Å². The monoisotopic (exact) mass is 366 g/mol. The predicted octanol–water partition coefficient (Wildman–Crippen LogP) is 4.47. The molecular formula is C22H26N2O3. The summed E-state index contributed by atoms with van der Waals surface area (Å²) >= 11 is 0. The Hall–Kier alpha value is -2.82. The Morgan fingerprint density at radius 3 is 2.67 bits per heavy atom. The number of anilines is 2. The fourth-order valence-electron chi connectivity index (χ4n) is 3.13. The number of benzene rings is 2. The van der Waals surface area contributed by atoms with E-state index in [2.05, 4.69) is 12.2 Å². The van der Waals surface area contributed by atoms with E-state index in [0.717, 1.165) is 36.1 Å². The van der Waals surface area contributed by atoms with E-state index in [4.69, 9.17) is 4.74 Å². The Labute approximate surface area is 160 Å². The van der Waals surface area contributed by atoms with Crippen LogP contribution in [0.25, 0.3) is 0 Å². The number of rotatable bonds is 6. The van der Waals surface area contributed by atoms with E-state index in [-0.39, 0.29) is 18.4 Å². The van der Waals surface area contributed by atoms with Crippen molar-refractivity contribution >= 4 is 23.2 Å². The van der Waals surface area contributed by atoms with Crippen LogP contribution in [-0.4, -0.2) is 25.0 Å². The minimum atomic E-state index is -0.168. The lowest BCUT2D eigenvalue weighted by atomic mass is 10.1. The van der Waals surface area contributed by atoms with Gasteiger partial charge < -0.3 is 15.0 Å². The lowest BCUT2D eigenvalue weighted by Gasteiger charge is -2.30. The quantitative estimate of drug-likeness (QED) is 0.767. The molecule has 0 unspecified atom stereocenters. The molecule has 0 saturated carbocycles. The molecule has 0 fully saturated rings. The molecule has 0 aliphatic carbocycles. The van der Waals surface area contributed by atoms with Gasteiger partial charge in [0.15, 0.2) is 6.61 Å². The summed E-state index contributed by atoms with van der Waals surface area (Å²) in [6.07, 6.45) is 3.11. The molecular weight excluding hydrogens is 340 g/mol. The van der Waals surface area contributed by atoms with Gasteiger partial charge in [0.05, 0.1) is 5.69 Å². The molecule has 2 aromatic rings. The predicted molar refractivity (Wildman–Crippen MR) is 108 cm³/mol. The lowest BCUT2D eigenvalue weighted by Crippen LogP contribution is -2.39. The van der Waals surface area contributed by atoms with Gasteiger partial charge in [0.25, 0.3) is 11.8 Å². The number of fused-ring (bicyclic) bond motifs is 1. The van der Waals surface area contributed by atoms with Crippen LogP contribution in [0.1, 0.15) is 47.7 Å². The van der Waals surface area contributed by atoms with E-state index in [1.54, 1.807) is 11.0 Å². The van der Waals surface area contributed by atoms with Gasteiger partial charge in [0.1, 0.15) is 5.75 Å². The topological polar surface area (TPSA) is 58.6 Å². The zero-order valence-electron chi connectivity index (χ0n) is 16.2. The van der Waals surface area contributed by atoms with Crippen molar-refractivity contribution < 1.29 is 14.3 Å². The molecule has 0 saturated heterocycles. The minimum Gasteiger partial charge on any atom is -0.482 e. The highest BCUT2D eigenvalue weighted by Crippen LogP contribution is 2.35. The van der Waals surface area contributed by atoms with Gasteiger partial charge in [0, 0.05) is 17.8 Å². The molecule has 5 heteroatoms. The Morgan fingerprint density at radius 2 is 1.93 bits per heavy atom. The van der Waals surface area contributed by atoms with Crippen LogP contribution in [0.5, 0.6) is 5.75 Å². The average Bonchev–Trinajstić information content (AvgIpc) is 2.66. The van der Waals surface area contributed by atoms with Gasteiger partial charge in [-0.05, 0) is 61.7 Å². The maximum atomic E-state index is 12.6. The van der Waals surface area contributed by atoms with Gasteiger partial charge >= 0.3 is 0 Å². The van der Waals surface area contributed by atoms with Crippen molar-refractivity contribution in [3.63, 3.8) is 0 Å². The summed E-state index contributed by atoms with van der Waals surface area (Å²) in [7, 11) is 0. The van der Waals surface area contributed by atoms with E-state index < -0.39 is 0 Å². The molecule has 2 amide bonds. The number of aryl methyl sites for hydroxylation is 2. The minimum absolute atomic E-state index is 0.0451. The third-order valence-corrected chi connectivity index (χ3v) is 4.91. The third kappa shape index (κ3) is 4.30. The summed E-state index contributed by atoms with van der Waals surface area (Å²) in [5, 5.41) is 2.93. The summed E-state index contributed by atoms with van der Waals surface area (Å²) in [6, 6.07) is 11.1. The molecule has 5 nitrogen and oxygen atoms in total. The first-order valence-electron chi connectivity index (χ1n) is 9.45. The van der Waals surface area contributed by atoms with Crippen molar-refractivity contribution in [1.29, 1.82) is 0 Å². The largest absolute Gasteiger partial charge is 0.482 e. The van der Waals surface area contributed by atoms with Gasteiger partial charge in [-0.1, -0.05) is 25.8 Å². The number of unbranched alkanes of at least 4 members (excludes halogenated alkanes) is 2. The maximum absolute atomic E-state index is 12.6. The molecule has 1 aliphatic heterocycles. The normalized spacial score (nSPS) is 13.1. The molecule has 3 rings (SSSR count). The van der Waals surface area contributed by atoms with E-state index in [1.807, 2.05) is 44.2 Å².